The molecule has 3 nitrogen and oxygen atoms in total. The van der Waals surface area contributed by atoms with Gasteiger partial charge in [-0.05, 0) is 33.1 Å². The minimum atomic E-state index is -0.220. The van der Waals surface area contributed by atoms with E-state index in [2.05, 4.69) is 13.0 Å². The standard InChI is InChI=1S/C12H23NO2/c1-4-7-14-9-10-15-8-5-6-12(2,3)11-13/h4-10H2,1-3H3. The highest BCUT2D eigenvalue weighted by molar-refractivity contribution is 4.91. The second-order valence-corrected chi connectivity index (χ2v) is 4.32. The summed E-state index contributed by atoms with van der Waals surface area (Å²) in [5, 5.41) is 8.78. The summed E-state index contributed by atoms with van der Waals surface area (Å²) in [7, 11) is 0. The lowest BCUT2D eigenvalue weighted by Crippen LogP contribution is -2.10. The molecule has 0 rings (SSSR count). The van der Waals surface area contributed by atoms with E-state index in [0.717, 1.165) is 32.5 Å². The van der Waals surface area contributed by atoms with E-state index in [1.165, 1.54) is 0 Å². The van der Waals surface area contributed by atoms with Crippen molar-refractivity contribution in [2.45, 2.75) is 40.0 Å². The van der Waals surface area contributed by atoms with Crippen LogP contribution in [0.2, 0.25) is 0 Å². The highest BCUT2D eigenvalue weighted by atomic mass is 16.5. The Kier molecular flexibility index (Phi) is 8.35. The van der Waals surface area contributed by atoms with Gasteiger partial charge in [-0.25, -0.2) is 0 Å². The van der Waals surface area contributed by atoms with Gasteiger partial charge in [0.15, 0.2) is 0 Å². The molecule has 0 spiro atoms. The molecule has 0 unspecified atom stereocenters. The van der Waals surface area contributed by atoms with E-state index in [4.69, 9.17) is 14.7 Å². The molecule has 0 aromatic heterocycles. The zero-order valence-electron chi connectivity index (χ0n) is 10.2. The molecule has 0 heterocycles. The molecule has 0 amide bonds. The molecule has 0 aliphatic rings. The lowest BCUT2D eigenvalue weighted by Gasteiger charge is -2.14. The highest BCUT2D eigenvalue weighted by Crippen LogP contribution is 2.20. The molecule has 0 saturated carbocycles. The number of rotatable bonds is 9. The van der Waals surface area contributed by atoms with Crippen LogP contribution in [0.25, 0.3) is 0 Å². The van der Waals surface area contributed by atoms with Gasteiger partial charge in [-0.3, -0.25) is 0 Å². The van der Waals surface area contributed by atoms with Crippen molar-refractivity contribution in [1.29, 1.82) is 5.26 Å². The fraction of sp³-hybridized carbons (Fsp3) is 0.917. The van der Waals surface area contributed by atoms with Crippen LogP contribution in [-0.4, -0.2) is 26.4 Å². The molecule has 0 aromatic rings. The Morgan fingerprint density at radius 3 is 2.20 bits per heavy atom. The van der Waals surface area contributed by atoms with E-state index < -0.39 is 0 Å². The molecule has 0 saturated heterocycles. The molecular weight excluding hydrogens is 190 g/mol. The quantitative estimate of drug-likeness (QED) is 0.553. The van der Waals surface area contributed by atoms with Crippen LogP contribution in [0, 0.1) is 16.7 Å². The van der Waals surface area contributed by atoms with Gasteiger partial charge in [-0.1, -0.05) is 6.92 Å². The molecule has 0 radical (unpaired) electrons. The number of nitriles is 1. The number of nitrogens with zero attached hydrogens (tertiary/aromatic N) is 1. The summed E-state index contributed by atoms with van der Waals surface area (Å²) in [6.07, 6.45) is 2.88. The van der Waals surface area contributed by atoms with E-state index in [0.29, 0.717) is 13.2 Å². The van der Waals surface area contributed by atoms with E-state index in [9.17, 15) is 0 Å². The Balaban J connectivity index is 3.16. The van der Waals surface area contributed by atoms with Crippen LogP contribution >= 0.6 is 0 Å². The number of hydrogen-bond donors (Lipinski definition) is 0. The lowest BCUT2D eigenvalue weighted by molar-refractivity contribution is 0.0451. The lowest BCUT2D eigenvalue weighted by atomic mass is 9.90. The molecule has 0 aliphatic carbocycles. The summed E-state index contributed by atoms with van der Waals surface area (Å²) in [6.45, 7) is 8.87. The van der Waals surface area contributed by atoms with Crippen molar-refractivity contribution in [2.75, 3.05) is 26.4 Å². The highest BCUT2D eigenvalue weighted by Gasteiger charge is 2.15. The van der Waals surface area contributed by atoms with Gasteiger partial charge >= 0.3 is 0 Å². The maximum absolute atomic E-state index is 8.78. The molecule has 3 heteroatoms. The normalized spacial score (nSPS) is 11.3. The summed E-state index contributed by atoms with van der Waals surface area (Å²) in [5.41, 5.74) is -0.220. The van der Waals surface area contributed by atoms with Crippen LogP contribution in [-0.2, 0) is 9.47 Å². The van der Waals surface area contributed by atoms with Gasteiger partial charge in [-0.15, -0.1) is 0 Å². The first kappa shape index (κ1) is 14.4. The maximum atomic E-state index is 8.78. The average molecular weight is 213 g/mol. The fourth-order valence-corrected chi connectivity index (χ4v) is 1.14. The van der Waals surface area contributed by atoms with Crippen molar-refractivity contribution in [3.63, 3.8) is 0 Å². The van der Waals surface area contributed by atoms with Crippen LogP contribution in [0.1, 0.15) is 40.0 Å². The largest absolute Gasteiger partial charge is 0.379 e. The molecule has 0 atom stereocenters. The third-order valence-electron chi connectivity index (χ3n) is 2.11. The molecule has 0 fully saturated rings. The summed E-state index contributed by atoms with van der Waals surface area (Å²) in [6, 6.07) is 2.28. The summed E-state index contributed by atoms with van der Waals surface area (Å²) in [4.78, 5) is 0. The first-order valence-electron chi connectivity index (χ1n) is 5.69. The number of ether oxygens (including phenoxy) is 2. The number of hydrogen-bond acceptors (Lipinski definition) is 3. The van der Waals surface area contributed by atoms with Crippen LogP contribution in [0.4, 0.5) is 0 Å². The van der Waals surface area contributed by atoms with Gasteiger partial charge in [0, 0.05) is 13.2 Å². The van der Waals surface area contributed by atoms with E-state index in [-0.39, 0.29) is 5.41 Å². The van der Waals surface area contributed by atoms with Crippen LogP contribution in [0.5, 0.6) is 0 Å². The summed E-state index contributed by atoms with van der Waals surface area (Å²) in [5.74, 6) is 0. The third kappa shape index (κ3) is 9.71. The van der Waals surface area contributed by atoms with Crippen molar-refractivity contribution < 1.29 is 9.47 Å². The Morgan fingerprint density at radius 2 is 1.67 bits per heavy atom. The molecule has 0 bridgehead atoms. The maximum Gasteiger partial charge on any atom is 0.0700 e. The van der Waals surface area contributed by atoms with Crippen molar-refractivity contribution in [3.05, 3.63) is 0 Å². The fourth-order valence-electron chi connectivity index (χ4n) is 1.14. The van der Waals surface area contributed by atoms with Crippen LogP contribution in [0.3, 0.4) is 0 Å². The van der Waals surface area contributed by atoms with Crippen molar-refractivity contribution in [3.8, 4) is 6.07 Å². The topological polar surface area (TPSA) is 42.2 Å². The zero-order chi connectivity index (χ0) is 11.6. The Morgan fingerprint density at radius 1 is 1.07 bits per heavy atom. The Bertz CT molecular complexity index is 185. The monoisotopic (exact) mass is 213 g/mol. The van der Waals surface area contributed by atoms with Gasteiger partial charge in [0.1, 0.15) is 0 Å². The Labute approximate surface area is 93.4 Å². The van der Waals surface area contributed by atoms with Crippen molar-refractivity contribution >= 4 is 0 Å². The van der Waals surface area contributed by atoms with E-state index in [1.54, 1.807) is 0 Å². The average Bonchev–Trinajstić information content (AvgIpc) is 2.22. The van der Waals surface area contributed by atoms with Gasteiger partial charge in [0.2, 0.25) is 0 Å². The van der Waals surface area contributed by atoms with Gasteiger partial charge < -0.3 is 9.47 Å². The van der Waals surface area contributed by atoms with Gasteiger partial charge in [0.05, 0.1) is 24.7 Å². The second kappa shape index (κ2) is 8.70. The van der Waals surface area contributed by atoms with E-state index >= 15 is 0 Å². The smallest absolute Gasteiger partial charge is 0.0700 e. The van der Waals surface area contributed by atoms with Crippen molar-refractivity contribution in [1.82, 2.24) is 0 Å². The van der Waals surface area contributed by atoms with Crippen molar-refractivity contribution in [2.24, 2.45) is 5.41 Å². The third-order valence-corrected chi connectivity index (χ3v) is 2.11. The zero-order valence-corrected chi connectivity index (χ0v) is 10.2. The predicted octanol–water partition coefficient (Wildman–Crippen LogP) is 2.76. The molecule has 88 valence electrons. The minimum Gasteiger partial charge on any atom is -0.379 e. The SMILES string of the molecule is CCCOCCOCCCC(C)(C)C#N. The molecule has 0 aliphatic heterocycles. The Hall–Kier alpha value is -0.590. The van der Waals surface area contributed by atoms with Crippen LogP contribution < -0.4 is 0 Å². The van der Waals surface area contributed by atoms with Gasteiger partial charge in [0.25, 0.3) is 0 Å². The minimum absolute atomic E-state index is 0.220. The van der Waals surface area contributed by atoms with E-state index in [1.807, 2.05) is 13.8 Å². The predicted molar refractivity (Wildman–Crippen MR) is 60.6 cm³/mol. The first-order chi connectivity index (χ1) is 7.12. The van der Waals surface area contributed by atoms with Gasteiger partial charge in [-0.2, -0.15) is 5.26 Å². The molecule has 15 heavy (non-hydrogen) atoms. The first-order valence-corrected chi connectivity index (χ1v) is 5.69. The summed E-state index contributed by atoms with van der Waals surface area (Å²) < 4.78 is 10.7. The molecule has 0 N–H and O–H groups in total. The molecule has 0 aromatic carbocycles. The van der Waals surface area contributed by atoms with Crippen LogP contribution in [0.15, 0.2) is 0 Å². The summed E-state index contributed by atoms with van der Waals surface area (Å²) >= 11 is 0. The molecular formula is C12H23NO2. The second-order valence-electron chi connectivity index (χ2n) is 4.32.